The zero-order valence-electron chi connectivity index (χ0n) is 12.9. The Morgan fingerprint density at radius 3 is 2.65 bits per heavy atom. The minimum atomic E-state index is -0.174. The minimum Gasteiger partial charge on any atom is -0.378 e. The van der Waals surface area contributed by atoms with Crippen molar-refractivity contribution in [3.8, 4) is 0 Å². The van der Waals surface area contributed by atoms with Gasteiger partial charge in [0.2, 0.25) is 0 Å². The van der Waals surface area contributed by atoms with Gasteiger partial charge in [0.15, 0.2) is 5.69 Å². The second-order valence-electron chi connectivity index (χ2n) is 6.08. The second-order valence-corrected chi connectivity index (χ2v) is 6.08. The van der Waals surface area contributed by atoms with Crippen LogP contribution in [-0.4, -0.2) is 42.4 Å². The number of hydrogen-bond acceptors (Lipinski definition) is 4. The van der Waals surface area contributed by atoms with Gasteiger partial charge in [0.1, 0.15) is 0 Å². The number of aromatic amines is 1. The van der Waals surface area contributed by atoms with Gasteiger partial charge in [0, 0.05) is 36.1 Å². The lowest BCUT2D eigenvalue weighted by atomic mass is 10.2. The van der Waals surface area contributed by atoms with Gasteiger partial charge in [-0.15, -0.1) is 0 Å². The number of carbonyl (C=O) groups excluding carboxylic acids is 1. The maximum absolute atomic E-state index is 12.2. The highest BCUT2D eigenvalue weighted by molar-refractivity contribution is 6.03. The van der Waals surface area contributed by atoms with Gasteiger partial charge in [-0.25, -0.2) is 0 Å². The van der Waals surface area contributed by atoms with E-state index in [2.05, 4.69) is 20.4 Å². The van der Waals surface area contributed by atoms with Gasteiger partial charge in [-0.05, 0) is 43.2 Å². The van der Waals surface area contributed by atoms with E-state index in [4.69, 9.17) is 4.74 Å². The van der Waals surface area contributed by atoms with Crippen molar-refractivity contribution in [1.82, 2.24) is 10.2 Å². The number of nitrogens with zero attached hydrogens (tertiary/aromatic N) is 2. The van der Waals surface area contributed by atoms with Crippen molar-refractivity contribution >= 4 is 17.3 Å². The van der Waals surface area contributed by atoms with Gasteiger partial charge in [-0.3, -0.25) is 9.89 Å². The van der Waals surface area contributed by atoms with E-state index in [1.807, 2.05) is 30.3 Å². The van der Waals surface area contributed by atoms with Crippen molar-refractivity contribution in [2.24, 2.45) is 0 Å². The number of ether oxygens (including phenoxy) is 1. The van der Waals surface area contributed by atoms with Gasteiger partial charge >= 0.3 is 0 Å². The predicted octanol–water partition coefficient (Wildman–Crippen LogP) is 2.38. The largest absolute Gasteiger partial charge is 0.378 e. The van der Waals surface area contributed by atoms with Crippen molar-refractivity contribution < 1.29 is 9.53 Å². The molecule has 0 atom stereocenters. The molecular formula is C17H20N4O2. The highest BCUT2D eigenvalue weighted by Crippen LogP contribution is 2.39. The quantitative estimate of drug-likeness (QED) is 0.909. The third-order valence-electron chi connectivity index (χ3n) is 4.35. The SMILES string of the molecule is O=C(Nc1ccc(N2CCOCC2)cc1)c1cc(C2CC2)[nH]n1. The summed E-state index contributed by atoms with van der Waals surface area (Å²) < 4.78 is 5.36. The minimum absolute atomic E-state index is 0.174. The Balaban J connectivity index is 1.40. The molecule has 23 heavy (non-hydrogen) atoms. The van der Waals surface area contributed by atoms with Gasteiger partial charge in [0.05, 0.1) is 13.2 Å². The smallest absolute Gasteiger partial charge is 0.276 e. The summed E-state index contributed by atoms with van der Waals surface area (Å²) in [6.45, 7) is 3.34. The summed E-state index contributed by atoms with van der Waals surface area (Å²) in [6.07, 6.45) is 2.37. The molecule has 0 spiro atoms. The van der Waals surface area contributed by atoms with Crippen LogP contribution < -0.4 is 10.2 Å². The zero-order valence-corrected chi connectivity index (χ0v) is 12.9. The molecule has 1 aliphatic carbocycles. The van der Waals surface area contributed by atoms with Crippen molar-refractivity contribution in [1.29, 1.82) is 0 Å². The fourth-order valence-corrected chi connectivity index (χ4v) is 2.83. The van der Waals surface area contributed by atoms with Crippen molar-refractivity contribution in [3.63, 3.8) is 0 Å². The summed E-state index contributed by atoms with van der Waals surface area (Å²) >= 11 is 0. The average Bonchev–Trinajstić information content (AvgIpc) is 3.33. The molecular weight excluding hydrogens is 292 g/mol. The Kier molecular flexibility index (Phi) is 3.75. The molecule has 1 saturated heterocycles. The molecule has 2 heterocycles. The van der Waals surface area contributed by atoms with Gasteiger partial charge in [-0.1, -0.05) is 0 Å². The first-order valence-corrected chi connectivity index (χ1v) is 8.09. The lowest BCUT2D eigenvalue weighted by Gasteiger charge is -2.28. The maximum Gasteiger partial charge on any atom is 0.276 e. The summed E-state index contributed by atoms with van der Waals surface area (Å²) in [7, 11) is 0. The summed E-state index contributed by atoms with van der Waals surface area (Å²) in [6, 6.07) is 9.77. The van der Waals surface area contributed by atoms with Crippen LogP contribution in [0.3, 0.4) is 0 Å². The molecule has 1 aliphatic heterocycles. The van der Waals surface area contributed by atoms with Crippen LogP contribution >= 0.6 is 0 Å². The van der Waals surface area contributed by atoms with E-state index in [0.29, 0.717) is 11.6 Å². The van der Waals surface area contributed by atoms with E-state index in [1.54, 1.807) is 0 Å². The Morgan fingerprint density at radius 2 is 1.96 bits per heavy atom. The number of aromatic nitrogens is 2. The number of anilines is 2. The number of H-pyrrole nitrogens is 1. The summed E-state index contributed by atoms with van der Waals surface area (Å²) in [5.74, 6) is 0.393. The molecule has 1 amide bonds. The van der Waals surface area contributed by atoms with Crippen molar-refractivity contribution in [2.45, 2.75) is 18.8 Å². The number of amides is 1. The van der Waals surface area contributed by atoms with Crippen LogP contribution in [-0.2, 0) is 4.74 Å². The van der Waals surface area contributed by atoms with E-state index in [1.165, 1.54) is 12.8 Å². The molecule has 120 valence electrons. The van der Waals surface area contributed by atoms with Gasteiger partial charge < -0.3 is 15.0 Å². The van der Waals surface area contributed by atoms with Crippen molar-refractivity contribution in [3.05, 3.63) is 41.7 Å². The molecule has 1 aromatic heterocycles. The first-order chi connectivity index (χ1) is 11.3. The Hall–Kier alpha value is -2.34. The topological polar surface area (TPSA) is 70.2 Å². The van der Waals surface area contributed by atoms with Crippen LogP contribution in [0, 0.1) is 0 Å². The molecule has 2 aromatic rings. The molecule has 4 rings (SSSR count). The number of hydrogen-bond donors (Lipinski definition) is 2. The number of benzene rings is 1. The molecule has 1 saturated carbocycles. The molecule has 0 unspecified atom stereocenters. The number of rotatable bonds is 4. The van der Waals surface area contributed by atoms with Crippen LogP contribution in [0.25, 0.3) is 0 Å². The average molecular weight is 312 g/mol. The van der Waals surface area contributed by atoms with Crippen LogP contribution in [0.4, 0.5) is 11.4 Å². The summed E-state index contributed by atoms with van der Waals surface area (Å²) in [5, 5.41) is 9.96. The molecule has 0 bridgehead atoms. The molecule has 1 aromatic carbocycles. The molecule has 2 aliphatic rings. The third-order valence-corrected chi connectivity index (χ3v) is 4.35. The highest BCUT2D eigenvalue weighted by Gasteiger charge is 2.26. The molecule has 6 nitrogen and oxygen atoms in total. The Labute approximate surface area is 134 Å². The summed E-state index contributed by atoms with van der Waals surface area (Å²) in [5.41, 5.74) is 3.45. The van der Waals surface area contributed by atoms with Gasteiger partial charge in [0.25, 0.3) is 5.91 Å². The Bertz CT molecular complexity index is 685. The lowest BCUT2D eigenvalue weighted by molar-refractivity contribution is 0.102. The van der Waals surface area contributed by atoms with Crippen LogP contribution in [0.2, 0.25) is 0 Å². The number of carbonyl (C=O) groups is 1. The molecule has 2 fully saturated rings. The van der Waals surface area contributed by atoms with E-state index < -0.39 is 0 Å². The maximum atomic E-state index is 12.2. The fraction of sp³-hybridized carbons (Fsp3) is 0.412. The first-order valence-electron chi connectivity index (χ1n) is 8.09. The lowest BCUT2D eigenvalue weighted by Crippen LogP contribution is -2.36. The first kappa shape index (κ1) is 14.3. The zero-order chi connectivity index (χ0) is 15.6. The monoisotopic (exact) mass is 312 g/mol. The number of morpholine rings is 1. The molecule has 0 radical (unpaired) electrons. The fourth-order valence-electron chi connectivity index (χ4n) is 2.83. The number of nitrogens with one attached hydrogen (secondary N) is 2. The highest BCUT2D eigenvalue weighted by atomic mass is 16.5. The third kappa shape index (κ3) is 3.22. The van der Waals surface area contributed by atoms with E-state index >= 15 is 0 Å². The normalized spacial score (nSPS) is 18.0. The molecule has 6 heteroatoms. The van der Waals surface area contributed by atoms with E-state index in [9.17, 15) is 4.79 Å². The van der Waals surface area contributed by atoms with E-state index in [-0.39, 0.29) is 5.91 Å². The van der Waals surface area contributed by atoms with Crippen LogP contribution in [0.5, 0.6) is 0 Å². The van der Waals surface area contributed by atoms with Crippen LogP contribution in [0.1, 0.15) is 34.9 Å². The van der Waals surface area contributed by atoms with Gasteiger partial charge in [-0.2, -0.15) is 5.10 Å². The molecule has 2 N–H and O–H groups in total. The Morgan fingerprint density at radius 1 is 1.22 bits per heavy atom. The van der Waals surface area contributed by atoms with Crippen LogP contribution in [0.15, 0.2) is 30.3 Å². The second kappa shape index (κ2) is 6.04. The predicted molar refractivity (Wildman–Crippen MR) is 88.0 cm³/mol. The van der Waals surface area contributed by atoms with E-state index in [0.717, 1.165) is 43.4 Å². The summed E-state index contributed by atoms with van der Waals surface area (Å²) in [4.78, 5) is 14.5. The van der Waals surface area contributed by atoms with Crippen molar-refractivity contribution in [2.75, 3.05) is 36.5 Å². The standard InChI is InChI=1S/C17H20N4O2/c22-17(16-11-15(19-20-16)12-1-2-12)18-13-3-5-14(6-4-13)21-7-9-23-10-8-21/h3-6,11-12H,1-2,7-10H2,(H,18,22)(H,19,20).